The quantitative estimate of drug-likeness (QED) is 0.907. The van der Waals surface area contributed by atoms with E-state index in [2.05, 4.69) is 63.3 Å². The molecule has 1 aliphatic heterocycles. The Bertz CT molecular complexity index is 598. The third kappa shape index (κ3) is 2.38. The van der Waals surface area contributed by atoms with Crippen LogP contribution in [0.2, 0.25) is 0 Å². The first-order valence-corrected chi connectivity index (χ1v) is 7.33. The van der Waals surface area contributed by atoms with Gasteiger partial charge in [0, 0.05) is 30.1 Å². The van der Waals surface area contributed by atoms with Crippen molar-refractivity contribution in [1.29, 1.82) is 0 Å². The molecule has 0 bridgehead atoms. The molecule has 0 radical (unpaired) electrons. The van der Waals surface area contributed by atoms with Crippen LogP contribution in [0.4, 0.5) is 0 Å². The first-order valence-electron chi connectivity index (χ1n) is 7.33. The van der Waals surface area contributed by atoms with E-state index < -0.39 is 0 Å². The van der Waals surface area contributed by atoms with Crippen molar-refractivity contribution in [2.45, 2.75) is 39.0 Å². The Morgan fingerprint density at radius 3 is 2.25 bits per heavy atom. The fraction of sp³-hybridized carbons (Fsp3) is 0.471. The molecule has 0 amide bonds. The molecule has 2 heterocycles. The second kappa shape index (κ2) is 4.74. The number of aromatic nitrogens is 2. The smallest absolute Gasteiger partial charge is 0.0685 e. The van der Waals surface area contributed by atoms with Gasteiger partial charge in [-0.15, -0.1) is 0 Å². The van der Waals surface area contributed by atoms with Gasteiger partial charge in [-0.3, -0.25) is 0 Å². The zero-order chi connectivity index (χ0) is 14.3. The Labute approximate surface area is 121 Å². The fourth-order valence-corrected chi connectivity index (χ4v) is 2.51. The first-order chi connectivity index (χ1) is 9.45. The van der Waals surface area contributed by atoms with E-state index >= 15 is 0 Å². The third-order valence-electron chi connectivity index (χ3n) is 4.05. The molecule has 1 aliphatic rings. The molecule has 3 rings (SSSR count). The predicted molar refractivity (Wildman–Crippen MR) is 82.6 cm³/mol. The first kappa shape index (κ1) is 13.4. The number of benzene rings is 1. The second-order valence-corrected chi connectivity index (χ2v) is 6.78. The van der Waals surface area contributed by atoms with Gasteiger partial charge in [0.2, 0.25) is 0 Å². The van der Waals surface area contributed by atoms with E-state index in [1.807, 2.05) is 4.68 Å². The minimum Gasteiger partial charge on any atom is -0.315 e. The van der Waals surface area contributed by atoms with Crippen molar-refractivity contribution < 1.29 is 0 Å². The van der Waals surface area contributed by atoms with Gasteiger partial charge in [0.25, 0.3) is 0 Å². The van der Waals surface area contributed by atoms with Gasteiger partial charge in [0.05, 0.1) is 11.4 Å². The van der Waals surface area contributed by atoms with Gasteiger partial charge in [0.15, 0.2) is 0 Å². The molecular weight excluding hydrogens is 246 g/mol. The lowest BCUT2D eigenvalue weighted by Gasteiger charge is -2.27. The van der Waals surface area contributed by atoms with Crippen LogP contribution in [-0.4, -0.2) is 22.9 Å². The van der Waals surface area contributed by atoms with Crippen LogP contribution in [0.5, 0.6) is 0 Å². The molecule has 1 N–H and O–H groups in total. The molecule has 0 aliphatic carbocycles. The molecule has 0 saturated carbocycles. The molecule has 1 fully saturated rings. The van der Waals surface area contributed by atoms with Crippen LogP contribution in [-0.2, 0) is 5.41 Å². The molecule has 3 nitrogen and oxygen atoms in total. The molecule has 3 heteroatoms. The number of hydrogen-bond donors (Lipinski definition) is 1. The Morgan fingerprint density at radius 1 is 1.15 bits per heavy atom. The normalized spacial score (nSPS) is 16.2. The van der Waals surface area contributed by atoms with E-state index in [1.54, 1.807) is 0 Å². The molecule has 0 atom stereocenters. The lowest BCUT2D eigenvalue weighted by molar-refractivity contribution is 0.448. The third-order valence-corrected chi connectivity index (χ3v) is 4.05. The van der Waals surface area contributed by atoms with E-state index in [4.69, 9.17) is 5.10 Å². The van der Waals surface area contributed by atoms with Crippen molar-refractivity contribution in [2.75, 3.05) is 13.1 Å². The monoisotopic (exact) mass is 269 g/mol. The van der Waals surface area contributed by atoms with Crippen LogP contribution >= 0.6 is 0 Å². The summed E-state index contributed by atoms with van der Waals surface area (Å²) in [6.45, 7) is 10.9. The van der Waals surface area contributed by atoms with E-state index in [0.29, 0.717) is 5.92 Å². The summed E-state index contributed by atoms with van der Waals surface area (Å²) in [7, 11) is 0. The minimum atomic E-state index is 0.0908. The van der Waals surface area contributed by atoms with Crippen LogP contribution in [0.1, 0.15) is 43.6 Å². The summed E-state index contributed by atoms with van der Waals surface area (Å²) in [6.07, 6.45) is 0. The maximum absolute atomic E-state index is 4.76. The van der Waals surface area contributed by atoms with Crippen LogP contribution in [0.3, 0.4) is 0 Å². The molecule has 0 unspecified atom stereocenters. The minimum absolute atomic E-state index is 0.0908. The lowest BCUT2D eigenvalue weighted by atomic mass is 9.92. The fourth-order valence-electron chi connectivity index (χ4n) is 2.51. The Balaban J connectivity index is 1.90. The molecule has 106 valence electrons. The summed E-state index contributed by atoms with van der Waals surface area (Å²) in [5.41, 5.74) is 4.99. The molecule has 0 spiro atoms. The molecule has 20 heavy (non-hydrogen) atoms. The van der Waals surface area contributed by atoms with E-state index in [-0.39, 0.29) is 5.41 Å². The van der Waals surface area contributed by atoms with Gasteiger partial charge in [-0.25, -0.2) is 4.68 Å². The number of nitrogens with one attached hydrogen (secondary N) is 1. The van der Waals surface area contributed by atoms with Crippen molar-refractivity contribution in [2.24, 2.45) is 0 Å². The van der Waals surface area contributed by atoms with Crippen molar-refractivity contribution in [3.05, 3.63) is 47.3 Å². The number of hydrogen-bond acceptors (Lipinski definition) is 2. The Kier molecular flexibility index (Phi) is 3.17. The lowest BCUT2D eigenvalue weighted by Crippen LogP contribution is -2.39. The predicted octanol–water partition coefficient (Wildman–Crippen LogP) is 3.17. The molecule has 2 aromatic rings. The highest BCUT2D eigenvalue weighted by atomic mass is 15.3. The van der Waals surface area contributed by atoms with Crippen molar-refractivity contribution in [3.8, 4) is 5.69 Å². The summed E-state index contributed by atoms with van der Waals surface area (Å²) in [5.74, 6) is 0.688. The maximum atomic E-state index is 4.76. The zero-order valence-electron chi connectivity index (χ0n) is 12.8. The maximum Gasteiger partial charge on any atom is 0.0685 e. The van der Waals surface area contributed by atoms with Gasteiger partial charge < -0.3 is 5.32 Å². The molecule has 1 saturated heterocycles. The van der Waals surface area contributed by atoms with Crippen LogP contribution in [0.15, 0.2) is 30.3 Å². The van der Waals surface area contributed by atoms with Crippen LogP contribution in [0.25, 0.3) is 5.69 Å². The highest BCUT2D eigenvalue weighted by Crippen LogP contribution is 2.25. The summed E-state index contributed by atoms with van der Waals surface area (Å²) in [4.78, 5) is 0. The number of rotatable bonds is 2. The topological polar surface area (TPSA) is 29.9 Å². The summed E-state index contributed by atoms with van der Waals surface area (Å²) in [5, 5.41) is 8.08. The SMILES string of the molecule is Cc1cc(C(C)(C)C)nn1-c1ccc(C2CNC2)cc1. The van der Waals surface area contributed by atoms with E-state index in [1.165, 1.54) is 11.3 Å². The van der Waals surface area contributed by atoms with Crippen molar-refractivity contribution in [1.82, 2.24) is 15.1 Å². The molecule has 1 aromatic carbocycles. The van der Waals surface area contributed by atoms with Crippen molar-refractivity contribution in [3.63, 3.8) is 0 Å². The van der Waals surface area contributed by atoms with Crippen LogP contribution < -0.4 is 5.32 Å². The van der Waals surface area contributed by atoms with Gasteiger partial charge in [-0.2, -0.15) is 5.10 Å². The van der Waals surface area contributed by atoms with E-state index in [9.17, 15) is 0 Å². The number of nitrogens with zero attached hydrogens (tertiary/aromatic N) is 2. The molecule has 1 aromatic heterocycles. The summed E-state index contributed by atoms with van der Waals surface area (Å²) >= 11 is 0. The van der Waals surface area contributed by atoms with Crippen LogP contribution in [0, 0.1) is 6.92 Å². The zero-order valence-corrected chi connectivity index (χ0v) is 12.8. The highest BCUT2D eigenvalue weighted by molar-refractivity contribution is 5.38. The molecular formula is C17H23N3. The largest absolute Gasteiger partial charge is 0.315 e. The van der Waals surface area contributed by atoms with Gasteiger partial charge >= 0.3 is 0 Å². The Hall–Kier alpha value is -1.61. The summed E-state index contributed by atoms with van der Waals surface area (Å²) in [6, 6.07) is 11.0. The standard InChI is InChI=1S/C17H23N3/c1-12-9-16(17(2,3)4)19-20(12)15-7-5-13(6-8-15)14-10-18-11-14/h5-9,14,18H,10-11H2,1-4H3. The van der Waals surface area contributed by atoms with Crippen molar-refractivity contribution >= 4 is 0 Å². The highest BCUT2D eigenvalue weighted by Gasteiger charge is 2.20. The summed E-state index contributed by atoms with van der Waals surface area (Å²) < 4.78 is 2.05. The average molecular weight is 269 g/mol. The van der Waals surface area contributed by atoms with Gasteiger partial charge in [-0.1, -0.05) is 32.9 Å². The van der Waals surface area contributed by atoms with Gasteiger partial charge in [-0.05, 0) is 30.7 Å². The average Bonchev–Trinajstić information content (AvgIpc) is 2.70. The van der Waals surface area contributed by atoms with Gasteiger partial charge in [0.1, 0.15) is 0 Å². The second-order valence-electron chi connectivity index (χ2n) is 6.78. The van der Waals surface area contributed by atoms with E-state index in [0.717, 1.165) is 24.5 Å². The number of aryl methyl sites for hydroxylation is 1. The Morgan fingerprint density at radius 2 is 1.80 bits per heavy atom.